The number of nitrogens with one attached hydrogen (secondary N) is 1. The van der Waals surface area contributed by atoms with Gasteiger partial charge < -0.3 is 5.32 Å². The maximum Gasteiger partial charge on any atom is 0.146 e. The molecule has 1 saturated heterocycles. The molecular weight excluding hydrogens is 138 g/mol. The Balaban J connectivity index is 2.13. The van der Waals surface area contributed by atoms with E-state index in [1.807, 2.05) is 0 Å². The van der Waals surface area contributed by atoms with Crippen molar-refractivity contribution in [2.24, 2.45) is 17.3 Å². The van der Waals surface area contributed by atoms with E-state index >= 15 is 0 Å². The fourth-order valence-electron chi connectivity index (χ4n) is 2.62. The molecule has 2 nitrogen and oxygen atoms in total. The first-order chi connectivity index (χ1) is 5.05. The van der Waals surface area contributed by atoms with Crippen molar-refractivity contribution >= 4 is 5.78 Å². The summed E-state index contributed by atoms with van der Waals surface area (Å²) < 4.78 is 0. The summed E-state index contributed by atoms with van der Waals surface area (Å²) in [6, 6.07) is 0.162. The number of hydrogen-bond acceptors (Lipinski definition) is 2. The fourth-order valence-corrected chi connectivity index (χ4v) is 2.62. The van der Waals surface area contributed by atoms with Crippen LogP contribution in [0.5, 0.6) is 0 Å². The summed E-state index contributed by atoms with van der Waals surface area (Å²) in [7, 11) is 0. The molecule has 0 radical (unpaired) electrons. The molecule has 1 aliphatic heterocycles. The summed E-state index contributed by atoms with van der Waals surface area (Å²) in [6.45, 7) is 7.26. The van der Waals surface area contributed by atoms with Gasteiger partial charge in [-0.15, -0.1) is 0 Å². The van der Waals surface area contributed by atoms with Crippen molar-refractivity contribution in [3.05, 3.63) is 0 Å². The van der Waals surface area contributed by atoms with Crippen LogP contribution in [0, 0.1) is 17.3 Å². The maximum absolute atomic E-state index is 11.1. The van der Waals surface area contributed by atoms with Crippen LogP contribution in [0.4, 0.5) is 0 Å². The molecule has 2 heteroatoms. The summed E-state index contributed by atoms with van der Waals surface area (Å²) in [5, 5.41) is 3.26. The molecule has 2 rings (SSSR count). The molecule has 3 atom stereocenters. The number of Topliss-reactive ketones (excluding diaryl/α,β-unsaturated/α-hetero) is 1. The highest BCUT2D eigenvalue weighted by Gasteiger charge is 2.64. The molecule has 2 fully saturated rings. The average molecular weight is 153 g/mol. The second-order valence-electron chi connectivity index (χ2n) is 4.45. The minimum Gasteiger partial charge on any atom is -0.307 e. The van der Waals surface area contributed by atoms with E-state index in [4.69, 9.17) is 0 Å². The molecule has 1 saturated carbocycles. The van der Waals surface area contributed by atoms with Crippen molar-refractivity contribution in [3.8, 4) is 0 Å². The summed E-state index contributed by atoms with van der Waals surface area (Å²) in [4.78, 5) is 11.1. The smallest absolute Gasteiger partial charge is 0.146 e. The van der Waals surface area contributed by atoms with Crippen LogP contribution in [0.25, 0.3) is 0 Å². The number of carbonyl (C=O) groups is 1. The molecular formula is C9H15NO. The first-order valence-corrected chi connectivity index (χ1v) is 4.29. The fraction of sp³-hybridized carbons (Fsp3) is 0.889. The molecule has 0 aromatic carbocycles. The Bertz CT molecular complexity index is 210. The van der Waals surface area contributed by atoms with Gasteiger partial charge in [0.2, 0.25) is 0 Å². The van der Waals surface area contributed by atoms with Crippen molar-refractivity contribution < 1.29 is 4.79 Å². The van der Waals surface area contributed by atoms with Gasteiger partial charge in [-0.25, -0.2) is 0 Å². The Kier molecular flexibility index (Phi) is 1.23. The lowest BCUT2D eigenvalue weighted by Gasteiger charge is -2.15. The summed E-state index contributed by atoms with van der Waals surface area (Å²) in [6.07, 6.45) is 0. The van der Waals surface area contributed by atoms with E-state index in [0.29, 0.717) is 17.1 Å². The second kappa shape index (κ2) is 1.86. The molecule has 0 aromatic heterocycles. The third-order valence-corrected chi connectivity index (χ3v) is 3.49. The zero-order chi connectivity index (χ0) is 8.22. The highest BCUT2D eigenvalue weighted by Crippen LogP contribution is 2.62. The number of hydrogen-bond donors (Lipinski definition) is 1. The van der Waals surface area contributed by atoms with Gasteiger partial charge in [0.05, 0.1) is 6.04 Å². The number of fused-ring (bicyclic) bond motifs is 1. The number of rotatable bonds is 1. The van der Waals surface area contributed by atoms with Crippen molar-refractivity contribution in [2.45, 2.75) is 26.8 Å². The quantitative estimate of drug-likeness (QED) is 0.604. The van der Waals surface area contributed by atoms with Crippen molar-refractivity contribution in [2.75, 3.05) is 6.54 Å². The molecule has 2 aliphatic rings. The second-order valence-corrected chi connectivity index (χ2v) is 4.45. The molecule has 62 valence electrons. The van der Waals surface area contributed by atoms with Gasteiger partial charge in [-0.3, -0.25) is 4.79 Å². The van der Waals surface area contributed by atoms with Crippen LogP contribution in [0.2, 0.25) is 0 Å². The monoisotopic (exact) mass is 153 g/mol. The van der Waals surface area contributed by atoms with Gasteiger partial charge in [0, 0.05) is 0 Å². The van der Waals surface area contributed by atoms with Crippen molar-refractivity contribution in [1.82, 2.24) is 5.32 Å². The van der Waals surface area contributed by atoms with Crippen LogP contribution >= 0.6 is 0 Å². The van der Waals surface area contributed by atoms with E-state index in [2.05, 4.69) is 19.2 Å². The van der Waals surface area contributed by atoms with E-state index in [-0.39, 0.29) is 6.04 Å². The number of ketones is 1. The van der Waals surface area contributed by atoms with Gasteiger partial charge >= 0.3 is 0 Å². The van der Waals surface area contributed by atoms with Gasteiger partial charge in [0.25, 0.3) is 0 Å². The van der Waals surface area contributed by atoms with Gasteiger partial charge in [-0.05, 0) is 30.7 Å². The first-order valence-electron chi connectivity index (χ1n) is 4.29. The zero-order valence-corrected chi connectivity index (χ0v) is 7.35. The highest BCUT2D eigenvalue weighted by atomic mass is 16.1. The lowest BCUT2D eigenvalue weighted by Crippen LogP contribution is -2.36. The van der Waals surface area contributed by atoms with E-state index in [1.165, 1.54) is 0 Å². The first kappa shape index (κ1) is 7.29. The lowest BCUT2D eigenvalue weighted by molar-refractivity contribution is -0.119. The van der Waals surface area contributed by atoms with Crippen LogP contribution in [0.3, 0.4) is 0 Å². The molecule has 1 heterocycles. The molecule has 0 aromatic rings. The Morgan fingerprint density at radius 1 is 1.55 bits per heavy atom. The van der Waals surface area contributed by atoms with Crippen LogP contribution in [0.15, 0.2) is 0 Å². The molecule has 0 amide bonds. The predicted molar refractivity (Wildman–Crippen MR) is 43.2 cm³/mol. The van der Waals surface area contributed by atoms with Gasteiger partial charge in [0.15, 0.2) is 0 Å². The highest BCUT2D eigenvalue weighted by molar-refractivity contribution is 5.83. The van der Waals surface area contributed by atoms with Crippen LogP contribution < -0.4 is 5.32 Å². The van der Waals surface area contributed by atoms with E-state index < -0.39 is 0 Å². The zero-order valence-electron chi connectivity index (χ0n) is 7.35. The average Bonchev–Trinajstić information content (AvgIpc) is 2.34. The minimum absolute atomic E-state index is 0.162. The van der Waals surface area contributed by atoms with Gasteiger partial charge in [0.1, 0.15) is 5.78 Å². The maximum atomic E-state index is 11.1. The molecule has 1 N–H and O–H groups in total. The Labute approximate surface area is 67.4 Å². The number of piperidine rings is 1. The molecule has 0 bridgehead atoms. The Morgan fingerprint density at radius 2 is 2.18 bits per heavy atom. The third kappa shape index (κ3) is 0.791. The Morgan fingerprint density at radius 3 is 2.45 bits per heavy atom. The lowest BCUT2D eigenvalue weighted by atomic mass is 10.0. The topological polar surface area (TPSA) is 29.1 Å². The van der Waals surface area contributed by atoms with E-state index in [0.717, 1.165) is 12.5 Å². The summed E-state index contributed by atoms with van der Waals surface area (Å²) in [5.74, 6) is 1.69. The predicted octanol–water partition coefficient (Wildman–Crippen LogP) is 0.819. The van der Waals surface area contributed by atoms with Crippen molar-refractivity contribution in [1.29, 1.82) is 0 Å². The van der Waals surface area contributed by atoms with E-state index in [1.54, 1.807) is 6.92 Å². The molecule has 11 heavy (non-hydrogen) atoms. The minimum atomic E-state index is 0.162. The summed E-state index contributed by atoms with van der Waals surface area (Å²) >= 11 is 0. The van der Waals surface area contributed by atoms with E-state index in [9.17, 15) is 4.79 Å². The SMILES string of the molecule is CC(=O)[C@H]1NCC2[C@@H]1C2(C)C. The molecule has 0 spiro atoms. The summed E-state index contributed by atoms with van der Waals surface area (Å²) in [5.41, 5.74) is 0.432. The van der Waals surface area contributed by atoms with Crippen LogP contribution in [-0.4, -0.2) is 18.4 Å². The van der Waals surface area contributed by atoms with Gasteiger partial charge in [-0.1, -0.05) is 13.8 Å². The molecule has 1 aliphatic carbocycles. The third-order valence-electron chi connectivity index (χ3n) is 3.49. The molecule has 1 unspecified atom stereocenters. The van der Waals surface area contributed by atoms with Crippen LogP contribution in [-0.2, 0) is 4.79 Å². The largest absolute Gasteiger partial charge is 0.307 e. The Hall–Kier alpha value is -0.370. The standard InChI is InChI=1S/C9H15NO/c1-5(11)8-7-6(4-10-8)9(7,2)3/h6-8,10H,4H2,1-3H3/t6?,7-,8+/m0/s1. The normalized spacial score (nSPS) is 45.2. The van der Waals surface area contributed by atoms with Gasteiger partial charge in [-0.2, -0.15) is 0 Å². The van der Waals surface area contributed by atoms with Crippen molar-refractivity contribution in [3.63, 3.8) is 0 Å². The van der Waals surface area contributed by atoms with Crippen LogP contribution in [0.1, 0.15) is 20.8 Å². The number of carbonyl (C=O) groups excluding carboxylic acids is 1.